The van der Waals surface area contributed by atoms with E-state index in [2.05, 4.69) is 5.32 Å². The van der Waals surface area contributed by atoms with Crippen LogP contribution in [0.15, 0.2) is 66.7 Å². The first kappa shape index (κ1) is 27.5. The highest BCUT2D eigenvalue weighted by Gasteiger charge is 2.39. The van der Waals surface area contributed by atoms with Gasteiger partial charge in [0.05, 0.1) is 11.6 Å². The lowest BCUT2D eigenvalue weighted by Crippen LogP contribution is -2.40. The molecule has 0 heterocycles. The highest BCUT2D eigenvalue weighted by Crippen LogP contribution is 2.35. The molecule has 194 valence electrons. The molecule has 0 aliphatic heterocycles. The van der Waals surface area contributed by atoms with Gasteiger partial charge in [0.15, 0.2) is 6.10 Å². The van der Waals surface area contributed by atoms with Crippen LogP contribution in [0.25, 0.3) is 0 Å². The Balaban J connectivity index is 2.00. The van der Waals surface area contributed by atoms with Gasteiger partial charge in [0.25, 0.3) is 0 Å². The topological polar surface area (TPSA) is 41.5 Å². The molecule has 0 bridgehead atoms. The molecular weight excluding hydrogens is 491 g/mol. The molecule has 3 rings (SSSR count). The Kier molecular flexibility index (Phi) is 8.30. The van der Waals surface area contributed by atoms with Gasteiger partial charge in [-0.05, 0) is 59.5 Å². The van der Waals surface area contributed by atoms with Crippen LogP contribution < -0.4 is 10.1 Å². The largest absolute Gasteiger partial charge is 0.457 e. The van der Waals surface area contributed by atoms with E-state index in [4.69, 9.17) is 4.74 Å². The average Bonchev–Trinajstić information content (AvgIpc) is 2.79. The van der Waals surface area contributed by atoms with Crippen molar-refractivity contribution in [2.45, 2.75) is 44.3 Å². The zero-order valence-electron chi connectivity index (χ0n) is 19.3. The molecule has 2 atom stereocenters. The van der Waals surface area contributed by atoms with E-state index in [-0.39, 0.29) is 17.2 Å². The summed E-state index contributed by atoms with van der Waals surface area (Å²) in [4.78, 5) is 0. The van der Waals surface area contributed by atoms with Crippen molar-refractivity contribution in [3.8, 4) is 11.5 Å². The van der Waals surface area contributed by atoms with Gasteiger partial charge >= 0.3 is 12.4 Å². The van der Waals surface area contributed by atoms with Crippen molar-refractivity contribution in [1.29, 1.82) is 0 Å². The first-order chi connectivity index (χ1) is 16.8. The molecule has 0 saturated carbocycles. The number of halogens is 7. The highest BCUT2D eigenvalue weighted by atomic mass is 19.4. The molecule has 0 fully saturated rings. The monoisotopic (exact) mass is 515 g/mol. The number of aliphatic hydroxyl groups excluding tert-OH is 1. The number of hydrogen-bond donors (Lipinski definition) is 2. The van der Waals surface area contributed by atoms with Crippen LogP contribution in [-0.4, -0.2) is 23.9 Å². The van der Waals surface area contributed by atoms with Crippen LogP contribution in [0.3, 0.4) is 0 Å². The molecule has 3 aromatic rings. The van der Waals surface area contributed by atoms with Crippen molar-refractivity contribution in [1.82, 2.24) is 5.32 Å². The summed E-state index contributed by atoms with van der Waals surface area (Å²) < 4.78 is 99.0. The Bertz CT molecular complexity index is 1180. The second-order valence-electron chi connectivity index (χ2n) is 8.53. The van der Waals surface area contributed by atoms with Crippen LogP contribution in [0.5, 0.6) is 11.5 Å². The minimum atomic E-state index is -4.98. The molecular formula is C26H24F7NO2. The molecule has 0 spiro atoms. The van der Waals surface area contributed by atoms with Crippen molar-refractivity contribution in [2.75, 3.05) is 6.54 Å². The summed E-state index contributed by atoms with van der Waals surface area (Å²) in [6.07, 6.45) is -12.6. The number of nitrogens with one attached hydrogen (secondary N) is 1. The quantitative estimate of drug-likeness (QED) is 0.308. The van der Waals surface area contributed by atoms with Gasteiger partial charge in [-0.15, -0.1) is 0 Å². The number of hydrogen-bond acceptors (Lipinski definition) is 3. The van der Waals surface area contributed by atoms with Crippen molar-refractivity contribution >= 4 is 0 Å². The Morgan fingerprint density at radius 2 is 1.42 bits per heavy atom. The van der Waals surface area contributed by atoms with E-state index in [9.17, 15) is 35.8 Å². The summed E-state index contributed by atoms with van der Waals surface area (Å²) in [7, 11) is 0. The standard InChI is InChI=1S/C26H24F7NO2/c1-15(2)16-5-3-7-19(11-16)36-20-8-4-6-17(12-20)24(34-14-23(35)26(31,32)33)21-13-18(25(28,29)30)9-10-22(21)27/h3-13,15,23-24,34-35H,14H2,1-2H3. The fourth-order valence-electron chi connectivity index (χ4n) is 3.52. The van der Waals surface area contributed by atoms with Gasteiger partial charge < -0.3 is 15.2 Å². The maximum atomic E-state index is 14.7. The minimum absolute atomic E-state index is 0.139. The molecule has 0 radical (unpaired) electrons. The molecule has 2 unspecified atom stereocenters. The van der Waals surface area contributed by atoms with E-state index < -0.39 is 48.0 Å². The Hall–Kier alpha value is -3.11. The summed E-state index contributed by atoms with van der Waals surface area (Å²) >= 11 is 0. The molecule has 0 aromatic heterocycles. The fourth-order valence-corrected chi connectivity index (χ4v) is 3.52. The van der Waals surface area contributed by atoms with Crippen molar-refractivity contribution < 1.29 is 40.6 Å². The van der Waals surface area contributed by atoms with E-state index in [0.29, 0.717) is 23.9 Å². The van der Waals surface area contributed by atoms with E-state index >= 15 is 0 Å². The van der Waals surface area contributed by atoms with Gasteiger partial charge in [-0.25, -0.2) is 4.39 Å². The second kappa shape index (κ2) is 10.9. The molecule has 36 heavy (non-hydrogen) atoms. The van der Waals surface area contributed by atoms with Crippen molar-refractivity contribution in [3.05, 3.63) is 94.8 Å². The first-order valence-electron chi connectivity index (χ1n) is 11.0. The number of alkyl halides is 6. The maximum Gasteiger partial charge on any atom is 0.416 e. The number of aliphatic hydroxyl groups is 1. The molecule has 0 saturated heterocycles. The van der Waals surface area contributed by atoms with Crippen molar-refractivity contribution in [3.63, 3.8) is 0 Å². The van der Waals surface area contributed by atoms with E-state index in [1.165, 1.54) is 18.2 Å². The molecule has 10 heteroatoms. The zero-order valence-corrected chi connectivity index (χ0v) is 19.3. The highest BCUT2D eigenvalue weighted by molar-refractivity contribution is 5.41. The van der Waals surface area contributed by atoms with E-state index in [0.717, 1.165) is 5.56 Å². The van der Waals surface area contributed by atoms with Crippen molar-refractivity contribution in [2.24, 2.45) is 0 Å². The van der Waals surface area contributed by atoms with Crippen LogP contribution in [-0.2, 0) is 6.18 Å². The maximum absolute atomic E-state index is 14.7. The van der Waals surface area contributed by atoms with Gasteiger partial charge in [0.1, 0.15) is 17.3 Å². The number of benzene rings is 3. The first-order valence-corrected chi connectivity index (χ1v) is 11.0. The van der Waals surface area contributed by atoms with E-state index in [1.807, 2.05) is 19.9 Å². The molecule has 0 aliphatic rings. The normalized spacial score (nSPS) is 14.1. The Labute approximate surface area is 203 Å². The van der Waals surface area contributed by atoms with Gasteiger partial charge in [0, 0.05) is 12.1 Å². The SMILES string of the molecule is CC(C)c1cccc(Oc2cccc(C(NCC(O)C(F)(F)F)c3cc(C(F)(F)F)ccc3F)c2)c1. The Morgan fingerprint density at radius 3 is 1.97 bits per heavy atom. The van der Waals surface area contributed by atoms with Crippen LogP contribution >= 0.6 is 0 Å². The van der Waals surface area contributed by atoms with Crippen LogP contribution in [0, 0.1) is 5.82 Å². The van der Waals surface area contributed by atoms with Gasteiger partial charge in [0.2, 0.25) is 0 Å². The lowest BCUT2D eigenvalue weighted by Gasteiger charge is -2.24. The van der Waals surface area contributed by atoms with Gasteiger partial charge in [-0.2, -0.15) is 26.3 Å². The predicted molar refractivity (Wildman–Crippen MR) is 120 cm³/mol. The third kappa shape index (κ3) is 6.98. The number of rotatable bonds is 8. The van der Waals surface area contributed by atoms with Crippen LogP contribution in [0.1, 0.15) is 48.1 Å². The molecule has 0 aliphatic carbocycles. The third-order valence-corrected chi connectivity index (χ3v) is 5.48. The summed E-state index contributed by atoms with van der Waals surface area (Å²) in [5.74, 6) is -0.125. The van der Waals surface area contributed by atoms with Gasteiger partial charge in [-0.1, -0.05) is 38.1 Å². The third-order valence-electron chi connectivity index (χ3n) is 5.48. The summed E-state index contributed by atoms with van der Waals surface area (Å²) in [5.41, 5.74) is -0.561. The van der Waals surface area contributed by atoms with Crippen LogP contribution in [0.4, 0.5) is 30.7 Å². The Morgan fingerprint density at radius 1 is 0.833 bits per heavy atom. The lowest BCUT2D eigenvalue weighted by molar-refractivity contribution is -0.202. The predicted octanol–water partition coefficient (Wildman–Crippen LogP) is 7.36. The van der Waals surface area contributed by atoms with Gasteiger partial charge in [-0.3, -0.25) is 0 Å². The summed E-state index contributed by atoms with van der Waals surface area (Å²) in [6.45, 7) is 2.91. The number of ether oxygens (including phenoxy) is 1. The molecule has 0 amide bonds. The minimum Gasteiger partial charge on any atom is -0.457 e. The average molecular weight is 515 g/mol. The molecule has 3 nitrogen and oxygen atoms in total. The second-order valence-corrected chi connectivity index (χ2v) is 8.53. The van der Waals surface area contributed by atoms with E-state index in [1.54, 1.807) is 24.3 Å². The summed E-state index contributed by atoms with van der Waals surface area (Å²) in [6, 6.07) is 13.3. The zero-order chi connectivity index (χ0) is 26.7. The molecule has 2 N–H and O–H groups in total. The summed E-state index contributed by atoms with van der Waals surface area (Å²) in [5, 5.41) is 11.8. The van der Waals surface area contributed by atoms with Crippen LogP contribution in [0.2, 0.25) is 0 Å². The lowest BCUT2D eigenvalue weighted by atomic mass is 9.95. The smallest absolute Gasteiger partial charge is 0.416 e. The fraction of sp³-hybridized carbons (Fsp3) is 0.308. The molecule has 3 aromatic carbocycles.